The molecule has 0 bridgehead atoms. The van der Waals surface area contributed by atoms with E-state index in [0.29, 0.717) is 6.54 Å². The minimum Gasteiger partial charge on any atom is -0.391 e. The number of fused-ring (bicyclic) bond motifs is 1. The van der Waals surface area contributed by atoms with Gasteiger partial charge in [0, 0.05) is 37.8 Å². The second-order valence-corrected chi connectivity index (χ2v) is 6.83. The largest absolute Gasteiger partial charge is 0.391 e. The highest BCUT2D eigenvalue weighted by molar-refractivity contribution is 5.83. The van der Waals surface area contributed by atoms with Crippen molar-refractivity contribution in [2.45, 2.75) is 25.0 Å². The first-order valence-electron chi connectivity index (χ1n) is 8.56. The smallest absolute Gasteiger partial charge is 0.0736 e. The summed E-state index contributed by atoms with van der Waals surface area (Å²) < 4.78 is 1.83. The summed E-state index contributed by atoms with van der Waals surface area (Å²) in [6.45, 7) is 2.57. The van der Waals surface area contributed by atoms with Crippen LogP contribution in [0.15, 0.2) is 54.9 Å². The molecule has 1 aliphatic heterocycles. The van der Waals surface area contributed by atoms with Crippen LogP contribution in [0.2, 0.25) is 0 Å². The van der Waals surface area contributed by atoms with Crippen molar-refractivity contribution in [2.75, 3.05) is 13.1 Å². The maximum atomic E-state index is 10.7. The first kappa shape index (κ1) is 15.4. The summed E-state index contributed by atoms with van der Waals surface area (Å²) in [5.74, 6) is 0.222. The maximum absolute atomic E-state index is 10.7. The molecule has 3 aromatic rings. The summed E-state index contributed by atoms with van der Waals surface area (Å²) in [7, 11) is 1.93. The molecule has 4 rings (SSSR count). The van der Waals surface area contributed by atoms with E-state index in [1.54, 1.807) is 0 Å². The fourth-order valence-electron chi connectivity index (χ4n) is 3.78. The van der Waals surface area contributed by atoms with E-state index in [2.05, 4.69) is 52.5 Å². The van der Waals surface area contributed by atoms with Crippen molar-refractivity contribution in [3.05, 3.63) is 66.0 Å². The lowest BCUT2D eigenvalue weighted by atomic mass is 9.86. The van der Waals surface area contributed by atoms with Crippen LogP contribution in [-0.2, 0) is 13.6 Å². The number of likely N-dealkylation sites (tertiary alicyclic amines) is 1. The molecular weight excluding hydrogens is 298 g/mol. The van der Waals surface area contributed by atoms with Crippen LogP contribution in [0.5, 0.6) is 0 Å². The monoisotopic (exact) mass is 321 g/mol. The summed E-state index contributed by atoms with van der Waals surface area (Å²) in [6.07, 6.45) is 4.61. The van der Waals surface area contributed by atoms with Crippen molar-refractivity contribution in [1.82, 2.24) is 14.7 Å². The van der Waals surface area contributed by atoms with Crippen LogP contribution < -0.4 is 0 Å². The number of aliphatic hydroxyl groups excluding tert-OH is 1. The van der Waals surface area contributed by atoms with Crippen molar-refractivity contribution in [3.63, 3.8) is 0 Å². The molecule has 4 heteroatoms. The predicted molar refractivity (Wildman–Crippen MR) is 95.8 cm³/mol. The Morgan fingerprint density at radius 1 is 1.17 bits per heavy atom. The standard InChI is InChI=1S/C20H23N3O/c1-22-12-15(11-21-22)13-23-9-8-19(20(24)14-23)18-7-6-16-4-2-3-5-17(16)10-18/h2-7,10-12,19-20,24H,8-9,13-14H2,1H3/t19-,20+/m1/s1. The van der Waals surface area contributed by atoms with Gasteiger partial charge in [-0.2, -0.15) is 5.10 Å². The van der Waals surface area contributed by atoms with Gasteiger partial charge >= 0.3 is 0 Å². The van der Waals surface area contributed by atoms with Crippen LogP contribution in [0, 0.1) is 0 Å². The number of piperidine rings is 1. The molecule has 1 aliphatic rings. The molecule has 2 aromatic carbocycles. The van der Waals surface area contributed by atoms with Gasteiger partial charge in [-0.3, -0.25) is 9.58 Å². The third-order valence-electron chi connectivity index (χ3n) is 5.03. The highest BCUT2D eigenvalue weighted by atomic mass is 16.3. The molecule has 0 aliphatic carbocycles. The molecule has 24 heavy (non-hydrogen) atoms. The van der Waals surface area contributed by atoms with Gasteiger partial charge in [-0.05, 0) is 29.3 Å². The Bertz CT molecular complexity index is 842. The molecule has 124 valence electrons. The van der Waals surface area contributed by atoms with Crippen LogP contribution in [0.4, 0.5) is 0 Å². The molecule has 2 atom stereocenters. The number of aliphatic hydroxyl groups is 1. The van der Waals surface area contributed by atoms with Crippen LogP contribution in [0.1, 0.15) is 23.5 Å². The zero-order valence-electron chi connectivity index (χ0n) is 14.0. The van der Waals surface area contributed by atoms with Gasteiger partial charge in [0.15, 0.2) is 0 Å². The van der Waals surface area contributed by atoms with Crippen molar-refractivity contribution < 1.29 is 5.11 Å². The Morgan fingerprint density at radius 2 is 2.00 bits per heavy atom. The van der Waals surface area contributed by atoms with Crippen LogP contribution in [0.25, 0.3) is 10.8 Å². The lowest BCUT2D eigenvalue weighted by Gasteiger charge is -2.36. The minimum atomic E-state index is -0.323. The molecule has 1 saturated heterocycles. The topological polar surface area (TPSA) is 41.3 Å². The molecule has 0 unspecified atom stereocenters. The molecule has 1 N–H and O–H groups in total. The van der Waals surface area contributed by atoms with E-state index in [1.807, 2.05) is 24.1 Å². The highest BCUT2D eigenvalue weighted by Gasteiger charge is 2.29. The predicted octanol–water partition coefficient (Wildman–Crippen LogP) is 2.92. The van der Waals surface area contributed by atoms with E-state index in [-0.39, 0.29) is 12.0 Å². The molecule has 1 aromatic heterocycles. The molecule has 0 saturated carbocycles. The molecular formula is C20H23N3O. The Balaban J connectivity index is 1.47. The number of aryl methyl sites for hydroxylation is 1. The zero-order valence-corrected chi connectivity index (χ0v) is 14.0. The second kappa shape index (κ2) is 6.38. The van der Waals surface area contributed by atoms with E-state index < -0.39 is 0 Å². The number of benzene rings is 2. The third-order valence-corrected chi connectivity index (χ3v) is 5.03. The van der Waals surface area contributed by atoms with Gasteiger partial charge < -0.3 is 5.11 Å². The van der Waals surface area contributed by atoms with E-state index in [0.717, 1.165) is 19.5 Å². The first-order chi connectivity index (χ1) is 11.7. The SMILES string of the molecule is Cn1cc(CN2CC[C@H](c3ccc4ccccc4c3)[C@@H](O)C2)cn1. The van der Waals surface area contributed by atoms with Gasteiger partial charge in [0.1, 0.15) is 0 Å². The highest BCUT2D eigenvalue weighted by Crippen LogP contribution is 2.31. The summed E-state index contributed by atoms with van der Waals surface area (Å²) >= 11 is 0. The molecule has 0 spiro atoms. The average molecular weight is 321 g/mol. The van der Waals surface area contributed by atoms with Gasteiger partial charge in [-0.25, -0.2) is 0 Å². The number of hydrogen-bond acceptors (Lipinski definition) is 3. The molecule has 1 fully saturated rings. The Labute approximate surface area is 142 Å². The number of rotatable bonds is 3. The van der Waals surface area contributed by atoms with Gasteiger partial charge in [0.05, 0.1) is 12.3 Å². The average Bonchev–Trinajstić information content (AvgIpc) is 2.99. The van der Waals surface area contributed by atoms with Crippen LogP contribution in [0.3, 0.4) is 0 Å². The van der Waals surface area contributed by atoms with Gasteiger partial charge in [-0.15, -0.1) is 0 Å². The van der Waals surface area contributed by atoms with E-state index in [1.165, 1.54) is 21.9 Å². The van der Waals surface area contributed by atoms with Crippen LogP contribution >= 0.6 is 0 Å². The van der Waals surface area contributed by atoms with Crippen molar-refractivity contribution >= 4 is 10.8 Å². The second-order valence-electron chi connectivity index (χ2n) is 6.83. The van der Waals surface area contributed by atoms with Crippen molar-refractivity contribution in [1.29, 1.82) is 0 Å². The lowest BCUT2D eigenvalue weighted by Crippen LogP contribution is -2.42. The molecule has 0 radical (unpaired) electrons. The summed E-state index contributed by atoms with van der Waals surface area (Å²) in [5.41, 5.74) is 2.45. The molecule has 4 nitrogen and oxygen atoms in total. The van der Waals surface area contributed by atoms with Crippen molar-refractivity contribution in [2.24, 2.45) is 7.05 Å². The van der Waals surface area contributed by atoms with Gasteiger partial charge in [0.25, 0.3) is 0 Å². The normalized spacial score (nSPS) is 22.1. The number of nitrogens with zero attached hydrogens (tertiary/aromatic N) is 3. The Hall–Kier alpha value is -2.17. The quantitative estimate of drug-likeness (QED) is 0.806. The Kier molecular flexibility index (Phi) is 4.08. The fraction of sp³-hybridized carbons (Fsp3) is 0.350. The lowest BCUT2D eigenvalue weighted by molar-refractivity contribution is 0.0477. The summed E-state index contributed by atoms with van der Waals surface area (Å²) in [4.78, 5) is 2.32. The molecule has 2 heterocycles. The number of β-amino-alcohol motifs (C(OH)–C–C–N with tert-alkyl or cyclic N) is 1. The minimum absolute atomic E-state index is 0.222. The first-order valence-corrected chi connectivity index (χ1v) is 8.56. The number of aromatic nitrogens is 2. The Morgan fingerprint density at radius 3 is 2.75 bits per heavy atom. The number of hydrogen-bond donors (Lipinski definition) is 1. The van der Waals surface area contributed by atoms with Crippen LogP contribution in [-0.4, -0.2) is 39.0 Å². The van der Waals surface area contributed by atoms with Gasteiger partial charge in [-0.1, -0.05) is 42.5 Å². The van der Waals surface area contributed by atoms with Crippen molar-refractivity contribution in [3.8, 4) is 0 Å². The van der Waals surface area contributed by atoms with E-state index >= 15 is 0 Å². The van der Waals surface area contributed by atoms with Gasteiger partial charge in [0.2, 0.25) is 0 Å². The summed E-state index contributed by atoms with van der Waals surface area (Å²) in [6, 6.07) is 15.0. The maximum Gasteiger partial charge on any atom is 0.0736 e. The molecule has 0 amide bonds. The third kappa shape index (κ3) is 3.07. The zero-order chi connectivity index (χ0) is 16.5. The van der Waals surface area contributed by atoms with E-state index in [9.17, 15) is 5.11 Å². The fourth-order valence-corrected chi connectivity index (χ4v) is 3.78. The van der Waals surface area contributed by atoms with E-state index in [4.69, 9.17) is 0 Å². The summed E-state index contributed by atoms with van der Waals surface area (Å²) in [5, 5.41) is 17.4.